The molecule has 142 valence electrons. The molecular weight excluding hydrogens is 357 g/mol. The molecule has 7 heteroatoms. The molecule has 1 N–H and O–H groups in total. The molecule has 6 nitrogen and oxygen atoms in total. The average Bonchev–Trinajstić information content (AvgIpc) is 2.95. The first-order valence-corrected chi connectivity index (χ1v) is 9.52. The van der Waals surface area contributed by atoms with Gasteiger partial charge in [0.05, 0.1) is 22.8 Å². The fourth-order valence-electron chi connectivity index (χ4n) is 3.90. The summed E-state index contributed by atoms with van der Waals surface area (Å²) in [6.07, 6.45) is 3.21. The standard InChI is InChI=1S/C21H20FN5O/c1-13-5-4-8-26(24-11-13)21(28)16-10-14-9-15(22)12-23-19(14)27-18-7-3-2-6-17(18)25-20(16)27/h2-3,6-7,9-10,12-13,24H,4-5,8,11H2,1H3. The molecular formula is C21H20FN5O. The van der Waals surface area contributed by atoms with E-state index in [0.29, 0.717) is 34.7 Å². The van der Waals surface area contributed by atoms with Gasteiger partial charge in [-0.05, 0) is 43.0 Å². The molecule has 1 aromatic carbocycles. The molecule has 5 rings (SSSR count). The van der Waals surface area contributed by atoms with Crippen LogP contribution in [0.2, 0.25) is 0 Å². The number of halogens is 1. The molecule has 0 saturated carbocycles. The van der Waals surface area contributed by atoms with Gasteiger partial charge in [0.25, 0.3) is 5.91 Å². The number of carbonyl (C=O) groups excluding carboxylic acids is 1. The van der Waals surface area contributed by atoms with Crippen molar-refractivity contribution in [3.05, 3.63) is 54.0 Å². The SMILES string of the molecule is CC1CCCN(C(=O)c2cc3cc(F)cnc3n3c2nc2ccccc23)NC1. The molecule has 3 aromatic heterocycles. The Bertz CT molecular complexity index is 1220. The first kappa shape index (κ1) is 17.1. The highest BCUT2D eigenvalue weighted by Gasteiger charge is 2.24. The monoisotopic (exact) mass is 377 g/mol. The fraction of sp³-hybridized carbons (Fsp3) is 0.286. The number of para-hydroxylation sites is 2. The number of hydrogen-bond donors (Lipinski definition) is 1. The number of fused-ring (bicyclic) bond motifs is 5. The highest BCUT2D eigenvalue weighted by molar-refractivity contribution is 6.05. The van der Waals surface area contributed by atoms with Gasteiger partial charge in [0.2, 0.25) is 0 Å². The Kier molecular flexibility index (Phi) is 3.98. The van der Waals surface area contributed by atoms with E-state index in [-0.39, 0.29) is 5.91 Å². The van der Waals surface area contributed by atoms with Gasteiger partial charge < -0.3 is 0 Å². The first-order valence-electron chi connectivity index (χ1n) is 9.52. The van der Waals surface area contributed by atoms with Crippen LogP contribution < -0.4 is 5.43 Å². The maximum atomic E-state index is 13.9. The molecule has 1 fully saturated rings. The van der Waals surface area contributed by atoms with Crippen LogP contribution in [-0.4, -0.2) is 38.4 Å². The summed E-state index contributed by atoms with van der Waals surface area (Å²) in [6.45, 7) is 3.56. The molecule has 1 aliphatic heterocycles. The number of hydrazine groups is 1. The van der Waals surface area contributed by atoms with Crippen molar-refractivity contribution in [2.45, 2.75) is 19.8 Å². The number of rotatable bonds is 1. The Morgan fingerprint density at radius 1 is 1.25 bits per heavy atom. The van der Waals surface area contributed by atoms with Crippen molar-refractivity contribution in [1.82, 2.24) is 24.8 Å². The van der Waals surface area contributed by atoms with Crippen LogP contribution in [0.1, 0.15) is 30.1 Å². The van der Waals surface area contributed by atoms with Gasteiger partial charge in [-0.25, -0.2) is 19.8 Å². The molecule has 28 heavy (non-hydrogen) atoms. The second kappa shape index (κ2) is 6.53. The molecule has 1 atom stereocenters. The van der Waals surface area contributed by atoms with Crippen molar-refractivity contribution in [3.63, 3.8) is 0 Å². The Labute approximate surface area is 161 Å². The molecule has 4 heterocycles. The van der Waals surface area contributed by atoms with Crippen LogP contribution in [0.15, 0.2) is 42.6 Å². The zero-order valence-electron chi connectivity index (χ0n) is 15.5. The van der Waals surface area contributed by atoms with Crippen LogP contribution in [0, 0.1) is 11.7 Å². The van der Waals surface area contributed by atoms with E-state index in [4.69, 9.17) is 4.98 Å². The van der Waals surface area contributed by atoms with E-state index < -0.39 is 5.82 Å². The Balaban J connectivity index is 1.76. The summed E-state index contributed by atoms with van der Waals surface area (Å²) in [7, 11) is 0. The zero-order valence-corrected chi connectivity index (χ0v) is 15.5. The lowest BCUT2D eigenvalue weighted by molar-refractivity contribution is 0.0672. The average molecular weight is 377 g/mol. The van der Waals surface area contributed by atoms with Crippen LogP contribution in [-0.2, 0) is 0 Å². The van der Waals surface area contributed by atoms with E-state index in [1.54, 1.807) is 11.1 Å². The van der Waals surface area contributed by atoms with Crippen molar-refractivity contribution < 1.29 is 9.18 Å². The summed E-state index contributed by atoms with van der Waals surface area (Å²) in [5.74, 6) is -0.0707. The van der Waals surface area contributed by atoms with Crippen LogP contribution in [0.5, 0.6) is 0 Å². The van der Waals surface area contributed by atoms with Gasteiger partial charge in [0.1, 0.15) is 11.5 Å². The third kappa shape index (κ3) is 2.70. The normalized spacial score (nSPS) is 18.1. The van der Waals surface area contributed by atoms with Gasteiger partial charge in [-0.2, -0.15) is 0 Å². The lowest BCUT2D eigenvalue weighted by atomic mass is 10.1. The van der Waals surface area contributed by atoms with Crippen LogP contribution in [0.3, 0.4) is 0 Å². The van der Waals surface area contributed by atoms with Gasteiger partial charge in [-0.15, -0.1) is 0 Å². The third-order valence-electron chi connectivity index (χ3n) is 5.36. The molecule has 1 amide bonds. The number of pyridine rings is 2. The molecule has 1 unspecified atom stereocenters. The molecule has 1 aliphatic rings. The minimum absolute atomic E-state index is 0.152. The highest BCUT2D eigenvalue weighted by atomic mass is 19.1. The molecule has 0 bridgehead atoms. The molecule has 0 aliphatic carbocycles. The largest absolute Gasteiger partial charge is 0.276 e. The zero-order chi connectivity index (χ0) is 19.3. The molecule has 0 spiro atoms. The van der Waals surface area contributed by atoms with Gasteiger partial charge in [-0.3, -0.25) is 14.2 Å². The number of nitrogens with zero attached hydrogens (tertiary/aromatic N) is 4. The lowest BCUT2D eigenvalue weighted by Crippen LogP contribution is -2.43. The topological polar surface area (TPSA) is 62.5 Å². The quantitative estimate of drug-likeness (QED) is 0.551. The molecule has 0 radical (unpaired) electrons. The Morgan fingerprint density at radius 2 is 2.11 bits per heavy atom. The van der Waals surface area contributed by atoms with Gasteiger partial charge in [0, 0.05) is 18.5 Å². The van der Waals surface area contributed by atoms with Gasteiger partial charge in [-0.1, -0.05) is 19.1 Å². The lowest BCUT2D eigenvalue weighted by Gasteiger charge is -2.22. The van der Waals surface area contributed by atoms with Gasteiger partial charge in [0.15, 0.2) is 5.65 Å². The summed E-state index contributed by atoms with van der Waals surface area (Å²) < 4.78 is 15.7. The van der Waals surface area contributed by atoms with Crippen LogP contribution in [0.4, 0.5) is 4.39 Å². The second-order valence-electron chi connectivity index (χ2n) is 7.45. The van der Waals surface area contributed by atoms with Gasteiger partial charge >= 0.3 is 0 Å². The number of hydrogen-bond acceptors (Lipinski definition) is 4. The van der Waals surface area contributed by atoms with E-state index in [9.17, 15) is 9.18 Å². The number of benzene rings is 1. The third-order valence-corrected chi connectivity index (χ3v) is 5.36. The molecule has 4 aromatic rings. The van der Waals surface area contributed by atoms with E-state index in [1.807, 2.05) is 28.7 Å². The Morgan fingerprint density at radius 3 is 3.00 bits per heavy atom. The number of aromatic nitrogens is 3. The van der Waals surface area contributed by atoms with E-state index in [0.717, 1.165) is 30.4 Å². The number of nitrogens with one attached hydrogen (secondary N) is 1. The summed E-state index contributed by atoms with van der Waals surface area (Å²) >= 11 is 0. The second-order valence-corrected chi connectivity index (χ2v) is 7.45. The van der Waals surface area contributed by atoms with Crippen molar-refractivity contribution in [3.8, 4) is 0 Å². The smallest absolute Gasteiger partial charge is 0.271 e. The predicted molar refractivity (Wildman–Crippen MR) is 105 cm³/mol. The number of imidazole rings is 1. The first-order chi connectivity index (χ1) is 13.6. The van der Waals surface area contributed by atoms with Crippen molar-refractivity contribution in [2.24, 2.45) is 5.92 Å². The summed E-state index contributed by atoms with van der Waals surface area (Å²) in [4.78, 5) is 22.3. The fourth-order valence-corrected chi connectivity index (χ4v) is 3.90. The number of amides is 1. The van der Waals surface area contributed by atoms with Crippen molar-refractivity contribution in [2.75, 3.05) is 13.1 Å². The highest BCUT2D eigenvalue weighted by Crippen LogP contribution is 2.26. The summed E-state index contributed by atoms with van der Waals surface area (Å²) in [5.41, 5.74) is 6.42. The summed E-state index contributed by atoms with van der Waals surface area (Å²) in [6, 6.07) is 10.8. The maximum absolute atomic E-state index is 13.9. The Hall–Kier alpha value is -3.06. The minimum Gasteiger partial charge on any atom is -0.276 e. The van der Waals surface area contributed by atoms with Crippen molar-refractivity contribution in [1.29, 1.82) is 0 Å². The van der Waals surface area contributed by atoms with E-state index >= 15 is 0 Å². The van der Waals surface area contributed by atoms with Crippen LogP contribution >= 0.6 is 0 Å². The minimum atomic E-state index is -0.434. The summed E-state index contributed by atoms with van der Waals surface area (Å²) in [5, 5.41) is 2.23. The number of carbonyl (C=O) groups is 1. The van der Waals surface area contributed by atoms with E-state index in [2.05, 4.69) is 17.3 Å². The van der Waals surface area contributed by atoms with E-state index in [1.165, 1.54) is 12.3 Å². The molecule has 1 saturated heterocycles. The van der Waals surface area contributed by atoms with Crippen molar-refractivity contribution >= 4 is 33.6 Å². The van der Waals surface area contributed by atoms with Crippen LogP contribution in [0.25, 0.3) is 27.7 Å². The predicted octanol–water partition coefficient (Wildman–Crippen LogP) is 3.55. The maximum Gasteiger partial charge on any atom is 0.271 e.